The van der Waals surface area contributed by atoms with Gasteiger partial charge >= 0.3 is 12.1 Å². The van der Waals surface area contributed by atoms with E-state index >= 15 is 0 Å². The first-order valence-corrected chi connectivity index (χ1v) is 11.1. The lowest BCUT2D eigenvalue weighted by atomic mass is 10.1. The molecule has 1 saturated heterocycles. The van der Waals surface area contributed by atoms with Crippen molar-refractivity contribution >= 4 is 16.7 Å². The average Bonchev–Trinajstić information content (AvgIpc) is 3.27. The number of ether oxygens (including phenoxy) is 2. The number of hydrogen-bond donors (Lipinski definition) is 0. The van der Waals surface area contributed by atoms with Gasteiger partial charge in [-0.3, -0.25) is 9.47 Å². The van der Waals surface area contributed by atoms with Crippen LogP contribution in [0, 0.1) is 0 Å². The fourth-order valence-corrected chi connectivity index (χ4v) is 4.53. The number of halogens is 3. The minimum absolute atomic E-state index is 0. The van der Waals surface area contributed by atoms with E-state index in [1.807, 2.05) is 19.9 Å². The predicted molar refractivity (Wildman–Crippen MR) is 127 cm³/mol. The second-order valence-corrected chi connectivity index (χ2v) is 8.72. The lowest BCUT2D eigenvalue weighted by Gasteiger charge is -2.35. The molecule has 0 bridgehead atoms. The molecule has 0 N–H and O–H groups in total. The van der Waals surface area contributed by atoms with Crippen molar-refractivity contribution in [3.05, 3.63) is 64.5 Å². The summed E-state index contributed by atoms with van der Waals surface area (Å²) in [4.78, 5) is 24.3. The summed E-state index contributed by atoms with van der Waals surface area (Å²) in [5, 5.41) is 4.72. The molecule has 1 aliphatic heterocycles. The maximum absolute atomic E-state index is 13.1. The summed E-state index contributed by atoms with van der Waals surface area (Å²) in [6.07, 6.45) is -1.47. The quantitative estimate of drug-likeness (QED) is 0.410. The summed E-state index contributed by atoms with van der Waals surface area (Å²) in [6, 6.07) is 7.31. The number of benzene rings is 1. The molecule has 0 amide bonds. The number of hydrogen-bond acceptors (Lipinski definition) is 7. The number of fused-ring (bicyclic) bond motifs is 3. The van der Waals surface area contributed by atoms with E-state index in [0.29, 0.717) is 28.8 Å². The average molecular weight is 505 g/mol. The highest BCUT2D eigenvalue weighted by Gasteiger charge is 2.31. The van der Waals surface area contributed by atoms with Crippen LogP contribution >= 0.6 is 0 Å². The van der Waals surface area contributed by atoms with Crippen LogP contribution in [0.3, 0.4) is 0 Å². The molecular formula is C24H27F3N6O3. The third-order valence-electron chi connectivity index (χ3n) is 5.78. The number of morpholine rings is 1. The first-order valence-electron chi connectivity index (χ1n) is 11.1. The van der Waals surface area contributed by atoms with Gasteiger partial charge in [-0.15, -0.1) is 13.2 Å². The Labute approximate surface area is 205 Å². The van der Waals surface area contributed by atoms with Gasteiger partial charge in [0.15, 0.2) is 5.65 Å². The molecule has 1 aromatic carbocycles. The van der Waals surface area contributed by atoms with Crippen LogP contribution in [-0.4, -0.2) is 60.7 Å². The Morgan fingerprint density at radius 2 is 1.72 bits per heavy atom. The number of pyridine rings is 1. The molecule has 5 rings (SSSR count). The standard InChI is InChI=1S/C23H23F3N6O3.CH4/c1-14-9-30(10-15(2)34-14)11-17-7-19-20(27-8-17)31(22(33)32-21(19)28-13-29-32)12-16-3-5-18(6-4-16)35-23(24,25)26;/h3-8,13-15H,9-12H2,1-2H3;1H4/t14-,15+;. The smallest absolute Gasteiger partial charge is 0.406 e. The predicted octanol–water partition coefficient (Wildman–Crippen LogP) is 3.63. The van der Waals surface area contributed by atoms with Gasteiger partial charge in [0.25, 0.3) is 0 Å². The topological polar surface area (TPSA) is 86.8 Å². The van der Waals surface area contributed by atoms with E-state index < -0.39 is 12.1 Å². The molecule has 0 unspecified atom stereocenters. The van der Waals surface area contributed by atoms with Crippen molar-refractivity contribution in [2.75, 3.05) is 13.1 Å². The van der Waals surface area contributed by atoms with E-state index in [2.05, 4.69) is 24.7 Å². The minimum atomic E-state index is -4.77. The molecule has 9 nitrogen and oxygen atoms in total. The van der Waals surface area contributed by atoms with Crippen LogP contribution in [0.4, 0.5) is 13.2 Å². The zero-order valence-electron chi connectivity index (χ0n) is 19.1. The second-order valence-electron chi connectivity index (χ2n) is 8.72. The molecule has 3 aromatic heterocycles. The zero-order chi connectivity index (χ0) is 24.7. The van der Waals surface area contributed by atoms with Gasteiger partial charge in [-0.2, -0.15) is 9.61 Å². The lowest BCUT2D eigenvalue weighted by Crippen LogP contribution is -2.44. The van der Waals surface area contributed by atoms with Gasteiger partial charge in [-0.25, -0.2) is 14.8 Å². The highest BCUT2D eigenvalue weighted by atomic mass is 19.4. The third kappa shape index (κ3) is 5.34. The highest BCUT2D eigenvalue weighted by molar-refractivity contribution is 5.89. The summed E-state index contributed by atoms with van der Waals surface area (Å²) >= 11 is 0. The SMILES string of the molecule is C.C[C@@H]1CN(Cc2cnc3c(c2)c2ncnn2c(=O)n3Cc2ccc(OC(F)(F)F)cc2)C[C@H](C)O1. The number of alkyl halides is 3. The van der Waals surface area contributed by atoms with Crippen LogP contribution in [0.2, 0.25) is 0 Å². The van der Waals surface area contributed by atoms with Gasteiger partial charge in [0.1, 0.15) is 17.7 Å². The van der Waals surface area contributed by atoms with Crippen LogP contribution in [0.15, 0.2) is 47.7 Å². The Morgan fingerprint density at radius 1 is 1.03 bits per heavy atom. The first-order chi connectivity index (χ1) is 16.7. The molecule has 1 aliphatic rings. The van der Waals surface area contributed by atoms with E-state index in [4.69, 9.17) is 4.74 Å². The third-order valence-corrected chi connectivity index (χ3v) is 5.78. The molecule has 0 aliphatic carbocycles. The number of nitrogens with zero attached hydrogens (tertiary/aromatic N) is 6. The molecule has 12 heteroatoms. The molecular weight excluding hydrogens is 477 g/mol. The summed E-state index contributed by atoms with van der Waals surface area (Å²) in [7, 11) is 0. The van der Waals surface area contributed by atoms with Crippen molar-refractivity contribution < 1.29 is 22.6 Å². The van der Waals surface area contributed by atoms with Crippen molar-refractivity contribution in [2.24, 2.45) is 0 Å². The van der Waals surface area contributed by atoms with E-state index in [-0.39, 0.29) is 31.9 Å². The van der Waals surface area contributed by atoms with Crippen LogP contribution in [-0.2, 0) is 17.8 Å². The monoisotopic (exact) mass is 504 g/mol. The molecule has 192 valence electrons. The maximum atomic E-state index is 13.1. The summed E-state index contributed by atoms with van der Waals surface area (Å²) < 4.78 is 49.7. The largest absolute Gasteiger partial charge is 0.573 e. The first kappa shape index (κ1) is 25.6. The fourth-order valence-electron chi connectivity index (χ4n) is 4.53. The van der Waals surface area contributed by atoms with Crippen LogP contribution < -0.4 is 10.4 Å². The minimum Gasteiger partial charge on any atom is -0.406 e. The Balaban J connectivity index is 0.00000304. The molecule has 2 atom stereocenters. The molecule has 1 fully saturated rings. The van der Waals surface area contributed by atoms with Crippen molar-refractivity contribution in [2.45, 2.75) is 52.9 Å². The molecule has 36 heavy (non-hydrogen) atoms. The van der Waals surface area contributed by atoms with E-state index in [1.54, 1.807) is 6.20 Å². The van der Waals surface area contributed by atoms with Gasteiger partial charge in [0.05, 0.1) is 24.1 Å². The highest BCUT2D eigenvalue weighted by Crippen LogP contribution is 2.24. The number of aromatic nitrogens is 5. The van der Waals surface area contributed by atoms with Crippen LogP contribution in [0.25, 0.3) is 16.7 Å². The molecule has 0 radical (unpaired) electrons. The molecule has 0 saturated carbocycles. The Kier molecular flexibility index (Phi) is 7.01. The number of rotatable bonds is 5. The van der Waals surface area contributed by atoms with Crippen molar-refractivity contribution in [3.63, 3.8) is 0 Å². The van der Waals surface area contributed by atoms with Crippen LogP contribution in [0.5, 0.6) is 5.75 Å². The van der Waals surface area contributed by atoms with Crippen molar-refractivity contribution in [1.82, 2.24) is 29.0 Å². The summed E-state index contributed by atoms with van der Waals surface area (Å²) in [5.41, 5.74) is 1.93. The van der Waals surface area contributed by atoms with E-state index in [9.17, 15) is 18.0 Å². The van der Waals surface area contributed by atoms with Gasteiger partial charge in [-0.05, 0) is 43.2 Å². The van der Waals surface area contributed by atoms with E-state index in [1.165, 1.54) is 39.7 Å². The van der Waals surface area contributed by atoms with Crippen molar-refractivity contribution in [1.29, 1.82) is 0 Å². The normalized spacial score (nSPS) is 18.9. The van der Waals surface area contributed by atoms with Gasteiger partial charge in [0, 0.05) is 25.8 Å². The summed E-state index contributed by atoms with van der Waals surface area (Å²) in [5.74, 6) is -0.334. The lowest BCUT2D eigenvalue weighted by molar-refractivity contribution is -0.274. The molecule has 4 heterocycles. The molecule has 4 aromatic rings. The van der Waals surface area contributed by atoms with Crippen LogP contribution in [0.1, 0.15) is 32.4 Å². The zero-order valence-corrected chi connectivity index (χ0v) is 19.1. The fraction of sp³-hybridized carbons (Fsp3) is 0.417. The summed E-state index contributed by atoms with van der Waals surface area (Å²) in [6.45, 7) is 6.44. The Bertz CT molecular complexity index is 1410. The van der Waals surface area contributed by atoms with Gasteiger partial charge in [-0.1, -0.05) is 19.6 Å². The van der Waals surface area contributed by atoms with Gasteiger partial charge in [0.2, 0.25) is 0 Å². The van der Waals surface area contributed by atoms with E-state index in [0.717, 1.165) is 18.7 Å². The molecule has 0 spiro atoms. The van der Waals surface area contributed by atoms with Crippen molar-refractivity contribution in [3.8, 4) is 5.75 Å². The second kappa shape index (κ2) is 9.86. The Morgan fingerprint density at radius 3 is 2.39 bits per heavy atom. The van der Waals surface area contributed by atoms with Gasteiger partial charge < -0.3 is 9.47 Å². The Hall–Kier alpha value is -3.51. The maximum Gasteiger partial charge on any atom is 0.573 e.